The first-order chi connectivity index (χ1) is 21.6. The van der Waals surface area contributed by atoms with Crippen LogP contribution in [0.1, 0.15) is 181 Å². The van der Waals surface area contributed by atoms with Crippen molar-refractivity contribution < 1.29 is 20.1 Å². The van der Waals surface area contributed by atoms with Crippen molar-refractivity contribution in [3.05, 3.63) is 36.5 Å². The molecular formula is C39H73NO4. The van der Waals surface area contributed by atoms with Crippen LogP contribution >= 0.6 is 0 Å². The van der Waals surface area contributed by atoms with Crippen LogP contribution in [0, 0.1) is 0 Å². The number of aliphatic hydroxyl groups excluding tert-OH is 3. The number of hydrogen-bond acceptors (Lipinski definition) is 4. The molecule has 5 heteroatoms. The van der Waals surface area contributed by atoms with Gasteiger partial charge in [0, 0.05) is 6.42 Å². The predicted octanol–water partition coefficient (Wildman–Crippen LogP) is 10.0. The first-order valence-electron chi connectivity index (χ1n) is 18.8. The van der Waals surface area contributed by atoms with Gasteiger partial charge in [-0.1, -0.05) is 134 Å². The molecule has 0 aliphatic rings. The molecule has 0 aliphatic carbocycles. The van der Waals surface area contributed by atoms with Gasteiger partial charge in [-0.25, -0.2) is 0 Å². The molecule has 0 aromatic carbocycles. The topological polar surface area (TPSA) is 89.8 Å². The van der Waals surface area contributed by atoms with Crippen LogP contribution in [-0.2, 0) is 4.79 Å². The van der Waals surface area contributed by atoms with Gasteiger partial charge in [0.25, 0.3) is 0 Å². The van der Waals surface area contributed by atoms with Crippen LogP contribution in [0.4, 0.5) is 0 Å². The van der Waals surface area contributed by atoms with Crippen LogP contribution in [0.15, 0.2) is 36.5 Å². The maximum atomic E-state index is 12.4. The van der Waals surface area contributed by atoms with Crippen LogP contribution in [0.2, 0.25) is 0 Å². The maximum Gasteiger partial charge on any atom is 0.220 e. The number of hydrogen-bond donors (Lipinski definition) is 4. The summed E-state index contributed by atoms with van der Waals surface area (Å²) in [5.41, 5.74) is 0. The molecule has 258 valence electrons. The highest BCUT2D eigenvalue weighted by Gasteiger charge is 2.26. The molecule has 5 nitrogen and oxygen atoms in total. The van der Waals surface area contributed by atoms with E-state index in [0.29, 0.717) is 12.8 Å². The van der Waals surface area contributed by atoms with Gasteiger partial charge in [-0.2, -0.15) is 0 Å². The van der Waals surface area contributed by atoms with Crippen molar-refractivity contribution in [3.63, 3.8) is 0 Å². The lowest BCUT2D eigenvalue weighted by Crippen LogP contribution is -2.50. The normalized spacial score (nSPS) is 14.2. The zero-order valence-corrected chi connectivity index (χ0v) is 29.0. The van der Waals surface area contributed by atoms with E-state index in [1.54, 1.807) is 0 Å². The fourth-order valence-corrected chi connectivity index (χ4v) is 5.46. The van der Waals surface area contributed by atoms with Crippen LogP contribution in [-0.4, -0.2) is 46.1 Å². The summed E-state index contributed by atoms with van der Waals surface area (Å²) in [6.45, 7) is 4.11. The molecule has 0 fully saturated rings. The number of aliphatic hydroxyl groups is 3. The number of carbonyl (C=O) groups is 1. The molecular weight excluding hydrogens is 546 g/mol. The average molecular weight is 620 g/mol. The second kappa shape index (κ2) is 34.4. The number of allylic oxidation sites excluding steroid dienone is 6. The molecule has 0 aromatic rings. The molecule has 0 aliphatic heterocycles. The highest BCUT2D eigenvalue weighted by molar-refractivity contribution is 5.76. The maximum absolute atomic E-state index is 12.4. The number of unbranched alkanes of at least 4 members (excludes halogenated alkanes) is 19. The molecule has 0 rings (SSSR count). The van der Waals surface area contributed by atoms with Crippen molar-refractivity contribution in [1.82, 2.24) is 5.32 Å². The molecule has 1 amide bonds. The standard InChI is InChI=1S/C39H73NO4/c1-3-5-7-9-11-13-15-17-18-19-20-22-24-26-28-30-32-34-38(43)40-36(35-41)39(44)37(42)33-31-29-27-25-23-21-16-14-12-10-8-6-4-2/h14,16-18,25,27,36-37,39,41-42,44H,3-13,15,19-24,26,28-35H2,1-2H3,(H,40,43)/b16-14+,18-17-,27-25+. The van der Waals surface area contributed by atoms with Crippen molar-refractivity contribution in [2.24, 2.45) is 0 Å². The largest absolute Gasteiger partial charge is 0.394 e. The van der Waals surface area contributed by atoms with E-state index in [2.05, 4.69) is 55.6 Å². The first-order valence-corrected chi connectivity index (χ1v) is 18.8. The summed E-state index contributed by atoms with van der Waals surface area (Å²) in [6.07, 6.45) is 40.9. The Morgan fingerprint density at radius 2 is 0.932 bits per heavy atom. The summed E-state index contributed by atoms with van der Waals surface area (Å²) >= 11 is 0. The Bertz CT molecular complexity index is 690. The Hall–Kier alpha value is -1.43. The summed E-state index contributed by atoms with van der Waals surface area (Å²) in [4.78, 5) is 12.4. The third kappa shape index (κ3) is 29.3. The van der Waals surface area contributed by atoms with Gasteiger partial charge < -0.3 is 20.6 Å². The molecule has 0 bridgehead atoms. The van der Waals surface area contributed by atoms with Gasteiger partial charge in [-0.05, 0) is 77.0 Å². The minimum absolute atomic E-state index is 0.166. The molecule has 0 saturated carbocycles. The van der Waals surface area contributed by atoms with Gasteiger partial charge in [0.05, 0.1) is 18.8 Å². The SMILES string of the molecule is CCCCCC/C=C/CC/C=C/CCCC(O)C(O)C(CO)NC(=O)CCCCCCCCC/C=C\CCCCCCCC. The fourth-order valence-electron chi connectivity index (χ4n) is 5.46. The monoisotopic (exact) mass is 620 g/mol. The van der Waals surface area contributed by atoms with Crippen LogP contribution in [0.3, 0.4) is 0 Å². The molecule has 4 N–H and O–H groups in total. The first kappa shape index (κ1) is 42.6. The smallest absolute Gasteiger partial charge is 0.220 e. The van der Waals surface area contributed by atoms with Crippen LogP contribution in [0.25, 0.3) is 0 Å². The molecule has 0 heterocycles. The lowest BCUT2D eigenvalue weighted by Gasteiger charge is -2.26. The fraction of sp³-hybridized carbons (Fsp3) is 0.821. The Morgan fingerprint density at radius 3 is 1.41 bits per heavy atom. The number of amides is 1. The van der Waals surface area contributed by atoms with Crippen molar-refractivity contribution in [2.45, 2.75) is 199 Å². The minimum Gasteiger partial charge on any atom is -0.394 e. The highest BCUT2D eigenvalue weighted by Crippen LogP contribution is 2.13. The second-order valence-electron chi connectivity index (χ2n) is 12.8. The van der Waals surface area contributed by atoms with Gasteiger partial charge in [-0.15, -0.1) is 0 Å². The number of carbonyl (C=O) groups excluding carboxylic acids is 1. The van der Waals surface area contributed by atoms with Gasteiger partial charge in [0.15, 0.2) is 0 Å². The third-order valence-electron chi connectivity index (χ3n) is 8.44. The zero-order chi connectivity index (χ0) is 32.4. The van der Waals surface area contributed by atoms with E-state index in [4.69, 9.17) is 0 Å². The van der Waals surface area contributed by atoms with E-state index in [1.807, 2.05) is 0 Å². The molecule has 3 atom stereocenters. The second-order valence-corrected chi connectivity index (χ2v) is 12.8. The molecule has 3 unspecified atom stereocenters. The molecule has 0 spiro atoms. The summed E-state index contributed by atoms with van der Waals surface area (Å²) in [5, 5.41) is 33.3. The lowest BCUT2D eigenvalue weighted by molar-refractivity contribution is -0.124. The molecule has 0 aromatic heterocycles. The Balaban J connectivity index is 3.76. The Morgan fingerprint density at radius 1 is 0.545 bits per heavy atom. The number of rotatable bonds is 33. The van der Waals surface area contributed by atoms with E-state index >= 15 is 0 Å². The molecule has 44 heavy (non-hydrogen) atoms. The average Bonchev–Trinajstić information content (AvgIpc) is 3.03. The quantitative estimate of drug-likeness (QED) is 0.0435. The molecule has 0 saturated heterocycles. The van der Waals surface area contributed by atoms with Crippen molar-refractivity contribution >= 4 is 5.91 Å². The highest BCUT2D eigenvalue weighted by atomic mass is 16.3. The van der Waals surface area contributed by atoms with E-state index in [1.165, 1.54) is 109 Å². The van der Waals surface area contributed by atoms with E-state index in [0.717, 1.165) is 44.9 Å². The van der Waals surface area contributed by atoms with Gasteiger partial charge in [-0.3, -0.25) is 4.79 Å². The van der Waals surface area contributed by atoms with Gasteiger partial charge >= 0.3 is 0 Å². The minimum atomic E-state index is -1.17. The van der Waals surface area contributed by atoms with Crippen molar-refractivity contribution in [1.29, 1.82) is 0 Å². The summed E-state index contributed by atoms with van der Waals surface area (Å²) in [5.74, 6) is -0.166. The zero-order valence-electron chi connectivity index (χ0n) is 29.0. The molecule has 0 radical (unpaired) electrons. The Labute approximate surface area is 273 Å². The predicted molar refractivity (Wildman–Crippen MR) is 190 cm³/mol. The number of nitrogens with one attached hydrogen (secondary N) is 1. The summed E-state index contributed by atoms with van der Waals surface area (Å²) < 4.78 is 0. The van der Waals surface area contributed by atoms with E-state index < -0.39 is 18.2 Å². The van der Waals surface area contributed by atoms with E-state index in [-0.39, 0.29) is 12.5 Å². The third-order valence-corrected chi connectivity index (χ3v) is 8.44. The van der Waals surface area contributed by atoms with Crippen LogP contribution < -0.4 is 5.32 Å². The van der Waals surface area contributed by atoms with Crippen LogP contribution in [0.5, 0.6) is 0 Å². The Kier molecular flexibility index (Phi) is 33.3. The van der Waals surface area contributed by atoms with Crippen molar-refractivity contribution in [3.8, 4) is 0 Å². The van der Waals surface area contributed by atoms with Crippen molar-refractivity contribution in [2.75, 3.05) is 6.61 Å². The van der Waals surface area contributed by atoms with Gasteiger partial charge in [0.2, 0.25) is 5.91 Å². The lowest BCUT2D eigenvalue weighted by atomic mass is 10.0. The van der Waals surface area contributed by atoms with E-state index in [9.17, 15) is 20.1 Å². The van der Waals surface area contributed by atoms with Gasteiger partial charge in [0.1, 0.15) is 6.10 Å². The summed E-state index contributed by atoms with van der Waals surface area (Å²) in [6, 6.07) is -0.832. The summed E-state index contributed by atoms with van der Waals surface area (Å²) in [7, 11) is 0.